The Bertz CT molecular complexity index is 218. The Morgan fingerprint density at radius 3 is 2.88 bits per heavy atom. The van der Waals surface area contributed by atoms with Crippen molar-refractivity contribution in [3.63, 3.8) is 0 Å². The minimum atomic E-state index is 0.617. The van der Waals surface area contributed by atoms with Crippen molar-refractivity contribution in [3.05, 3.63) is 12.7 Å². The van der Waals surface area contributed by atoms with E-state index in [-0.39, 0.29) is 0 Å². The summed E-state index contributed by atoms with van der Waals surface area (Å²) in [5.41, 5.74) is 0. The summed E-state index contributed by atoms with van der Waals surface area (Å²) in [6.45, 7) is 14.0. The number of likely N-dealkylation sites (N-methyl/N-ethyl adjacent to an activating group) is 1. The molecular weight excluding hydrogens is 210 g/mol. The van der Waals surface area contributed by atoms with Crippen LogP contribution in [-0.2, 0) is 0 Å². The van der Waals surface area contributed by atoms with Crippen molar-refractivity contribution in [2.45, 2.75) is 38.8 Å². The molecule has 1 aliphatic rings. The molecule has 0 aromatic heterocycles. The Kier molecular flexibility index (Phi) is 6.78. The van der Waals surface area contributed by atoms with E-state index in [4.69, 9.17) is 0 Å². The molecule has 0 saturated carbocycles. The van der Waals surface area contributed by atoms with Crippen molar-refractivity contribution in [3.8, 4) is 0 Å². The second-order valence-electron chi connectivity index (χ2n) is 5.21. The normalized spacial score (nSPS) is 25.5. The number of hydrogen-bond donors (Lipinski definition) is 1. The van der Waals surface area contributed by atoms with E-state index in [1.807, 2.05) is 6.08 Å². The molecule has 0 aliphatic carbocycles. The first-order valence-electron chi connectivity index (χ1n) is 6.95. The zero-order valence-electron chi connectivity index (χ0n) is 11.8. The summed E-state index contributed by atoms with van der Waals surface area (Å²) < 4.78 is 0. The fourth-order valence-corrected chi connectivity index (χ4v) is 2.72. The Balaban J connectivity index is 2.49. The second kappa shape index (κ2) is 7.85. The van der Waals surface area contributed by atoms with Gasteiger partial charge in [0.15, 0.2) is 0 Å². The van der Waals surface area contributed by atoms with Gasteiger partial charge in [0.2, 0.25) is 0 Å². The fourth-order valence-electron chi connectivity index (χ4n) is 2.72. The van der Waals surface area contributed by atoms with Gasteiger partial charge in [0.05, 0.1) is 0 Å². The maximum absolute atomic E-state index is 3.74. The van der Waals surface area contributed by atoms with Crippen molar-refractivity contribution in [1.29, 1.82) is 0 Å². The van der Waals surface area contributed by atoms with Crippen LogP contribution in [0.4, 0.5) is 0 Å². The summed E-state index contributed by atoms with van der Waals surface area (Å²) in [4.78, 5) is 5.15. The monoisotopic (exact) mass is 239 g/mol. The Morgan fingerprint density at radius 1 is 1.47 bits per heavy atom. The molecule has 1 N–H and O–H groups in total. The first kappa shape index (κ1) is 14.7. The number of nitrogens with zero attached hydrogens (tertiary/aromatic N) is 2. The van der Waals surface area contributed by atoms with Gasteiger partial charge in [-0.2, -0.15) is 0 Å². The van der Waals surface area contributed by atoms with Gasteiger partial charge in [0, 0.05) is 38.3 Å². The van der Waals surface area contributed by atoms with Crippen molar-refractivity contribution in [1.82, 2.24) is 15.1 Å². The molecule has 0 aromatic rings. The van der Waals surface area contributed by atoms with E-state index in [9.17, 15) is 0 Å². The lowest BCUT2D eigenvalue weighted by molar-refractivity contribution is 0.135. The molecular formula is C14H29N3. The lowest BCUT2D eigenvalue weighted by Crippen LogP contribution is -2.48. The third kappa shape index (κ3) is 4.78. The summed E-state index contributed by atoms with van der Waals surface area (Å²) in [6.07, 6.45) is 4.47. The molecule has 1 heterocycles. The van der Waals surface area contributed by atoms with Gasteiger partial charge in [0.25, 0.3) is 0 Å². The predicted octanol–water partition coefficient (Wildman–Crippen LogP) is 1.57. The Hall–Kier alpha value is -0.380. The lowest BCUT2D eigenvalue weighted by atomic mass is 10.1. The highest BCUT2D eigenvalue weighted by Crippen LogP contribution is 2.14. The van der Waals surface area contributed by atoms with Crippen molar-refractivity contribution in [2.24, 2.45) is 0 Å². The van der Waals surface area contributed by atoms with Crippen molar-refractivity contribution < 1.29 is 0 Å². The molecule has 2 unspecified atom stereocenters. The maximum atomic E-state index is 3.74. The van der Waals surface area contributed by atoms with Crippen LogP contribution < -0.4 is 5.32 Å². The third-order valence-corrected chi connectivity index (χ3v) is 3.71. The molecule has 0 radical (unpaired) electrons. The van der Waals surface area contributed by atoms with Crippen LogP contribution in [-0.4, -0.2) is 61.7 Å². The van der Waals surface area contributed by atoms with E-state index in [0.717, 1.165) is 13.1 Å². The highest BCUT2D eigenvalue weighted by molar-refractivity contribution is 4.83. The molecule has 0 bridgehead atoms. The highest BCUT2D eigenvalue weighted by Gasteiger charge is 2.25. The van der Waals surface area contributed by atoms with Crippen LogP contribution in [0.15, 0.2) is 12.7 Å². The molecule has 3 nitrogen and oxygen atoms in total. The van der Waals surface area contributed by atoms with Gasteiger partial charge in [-0.1, -0.05) is 13.0 Å². The quantitative estimate of drug-likeness (QED) is 0.561. The predicted molar refractivity (Wildman–Crippen MR) is 75.4 cm³/mol. The molecule has 1 rings (SSSR count). The topological polar surface area (TPSA) is 18.5 Å². The first-order chi connectivity index (χ1) is 8.19. The largest absolute Gasteiger partial charge is 0.312 e. The molecule has 0 aromatic carbocycles. The summed E-state index contributed by atoms with van der Waals surface area (Å²) in [6, 6.07) is 1.33. The molecule has 2 atom stereocenters. The van der Waals surface area contributed by atoms with Crippen LogP contribution in [0.25, 0.3) is 0 Å². The van der Waals surface area contributed by atoms with E-state index in [1.165, 1.54) is 32.5 Å². The van der Waals surface area contributed by atoms with Crippen LogP contribution in [0.1, 0.15) is 26.7 Å². The zero-order chi connectivity index (χ0) is 12.7. The minimum absolute atomic E-state index is 0.617. The number of nitrogens with one attached hydrogen (secondary N) is 1. The Morgan fingerprint density at radius 2 is 2.24 bits per heavy atom. The van der Waals surface area contributed by atoms with Gasteiger partial charge in [-0.15, -0.1) is 6.58 Å². The van der Waals surface area contributed by atoms with Crippen LogP contribution >= 0.6 is 0 Å². The number of hydrogen-bond acceptors (Lipinski definition) is 3. The van der Waals surface area contributed by atoms with Gasteiger partial charge < -0.3 is 10.2 Å². The minimum Gasteiger partial charge on any atom is -0.312 e. The van der Waals surface area contributed by atoms with E-state index >= 15 is 0 Å². The van der Waals surface area contributed by atoms with Crippen LogP contribution in [0.3, 0.4) is 0 Å². The van der Waals surface area contributed by atoms with E-state index in [0.29, 0.717) is 12.1 Å². The first-order valence-corrected chi connectivity index (χ1v) is 6.95. The summed E-state index contributed by atoms with van der Waals surface area (Å²) >= 11 is 0. The Labute approximate surface area is 107 Å². The second-order valence-corrected chi connectivity index (χ2v) is 5.21. The average molecular weight is 239 g/mol. The zero-order valence-corrected chi connectivity index (χ0v) is 11.8. The molecule has 1 saturated heterocycles. The van der Waals surface area contributed by atoms with Crippen molar-refractivity contribution >= 4 is 0 Å². The highest BCUT2D eigenvalue weighted by atomic mass is 15.3. The lowest BCUT2D eigenvalue weighted by Gasteiger charge is -2.35. The molecule has 0 spiro atoms. The van der Waals surface area contributed by atoms with Crippen LogP contribution in [0.2, 0.25) is 0 Å². The van der Waals surface area contributed by atoms with E-state index in [2.05, 4.69) is 42.6 Å². The summed E-state index contributed by atoms with van der Waals surface area (Å²) in [5, 5.41) is 3.44. The maximum Gasteiger partial charge on any atom is 0.0223 e. The SMILES string of the molecule is C=CCNCC(C)N1CCCN(C)CC1CC. The number of rotatable bonds is 6. The van der Waals surface area contributed by atoms with Gasteiger partial charge in [-0.05, 0) is 33.4 Å². The molecule has 1 fully saturated rings. The van der Waals surface area contributed by atoms with E-state index in [1.54, 1.807) is 0 Å². The molecule has 1 aliphatic heterocycles. The van der Waals surface area contributed by atoms with Crippen molar-refractivity contribution in [2.75, 3.05) is 39.8 Å². The van der Waals surface area contributed by atoms with Gasteiger partial charge in [-0.25, -0.2) is 0 Å². The standard InChI is InChI=1S/C14H29N3/c1-5-8-15-11-13(3)17-10-7-9-16(4)12-14(17)6-2/h5,13-15H,1,6-12H2,2-4H3. The third-order valence-electron chi connectivity index (χ3n) is 3.71. The molecule has 3 heteroatoms. The van der Waals surface area contributed by atoms with Crippen LogP contribution in [0.5, 0.6) is 0 Å². The molecule has 100 valence electrons. The van der Waals surface area contributed by atoms with Crippen LogP contribution in [0, 0.1) is 0 Å². The average Bonchev–Trinajstić information content (AvgIpc) is 2.50. The summed E-state index contributed by atoms with van der Waals surface area (Å²) in [5.74, 6) is 0. The smallest absolute Gasteiger partial charge is 0.0223 e. The fraction of sp³-hybridized carbons (Fsp3) is 0.857. The van der Waals surface area contributed by atoms with Gasteiger partial charge >= 0.3 is 0 Å². The molecule has 0 amide bonds. The molecule has 17 heavy (non-hydrogen) atoms. The van der Waals surface area contributed by atoms with Gasteiger partial charge in [0.1, 0.15) is 0 Å². The van der Waals surface area contributed by atoms with E-state index < -0.39 is 0 Å². The summed E-state index contributed by atoms with van der Waals surface area (Å²) in [7, 11) is 2.24. The van der Waals surface area contributed by atoms with Gasteiger partial charge in [-0.3, -0.25) is 4.90 Å².